The third kappa shape index (κ3) is 6.95. The van der Waals surface area contributed by atoms with Crippen molar-refractivity contribution in [3.63, 3.8) is 0 Å². The van der Waals surface area contributed by atoms with E-state index in [1.54, 1.807) is 0 Å². The number of nitrogens with one attached hydrogen (secondary N) is 2. The third-order valence-electron chi connectivity index (χ3n) is 6.71. The SMILES string of the molecule is NCCN(CCN)CCNCc1ccc(Cn2c(C3CCNCC3)nc3cc(Cl)c(Cl)cc32)cc1. The Bertz CT molecular complexity index is 1070. The van der Waals surface area contributed by atoms with Crippen molar-refractivity contribution in [2.75, 3.05) is 52.4 Å². The molecule has 0 atom stereocenters. The van der Waals surface area contributed by atoms with Gasteiger partial charge in [-0.05, 0) is 49.2 Å². The van der Waals surface area contributed by atoms with Gasteiger partial charge < -0.3 is 26.7 Å². The Morgan fingerprint density at radius 1 is 0.971 bits per heavy atom. The fourth-order valence-electron chi connectivity index (χ4n) is 4.81. The number of nitrogens with zero attached hydrogens (tertiary/aromatic N) is 3. The van der Waals surface area contributed by atoms with E-state index in [2.05, 4.69) is 44.4 Å². The Balaban J connectivity index is 1.43. The first kappa shape index (κ1) is 26.4. The number of hydrogen-bond donors (Lipinski definition) is 4. The van der Waals surface area contributed by atoms with Gasteiger partial charge in [-0.3, -0.25) is 4.90 Å². The Morgan fingerprint density at radius 2 is 1.63 bits per heavy atom. The summed E-state index contributed by atoms with van der Waals surface area (Å²) in [5.41, 5.74) is 15.8. The van der Waals surface area contributed by atoms with Crippen LogP contribution < -0.4 is 22.1 Å². The van der Waals surface area contributed by atoms with Crippen molar-refractivity contribution in [3.05, 3.63) is 63.4 Å². The molecule has 4 rings (SSSR count). The number of imidazole rings is 1. The first-order chi connectivity index (χ1) is 17.1. The Morgan fingerprint density at radius 3 is 2.31 bits per heavy atom. The zero-order chi connectivity index (χ0) is 24.6. The van der Waals surface area contributed by atoms with Gasteiger partial charge in [-0.25, -0.2) is 4.98 Å². The van der Waals surface area contributed by atoms with Crippen LogP contribution in [0.1, 0.15) is 35.7 Å². The highest BCUT2D eigenvalue weighted by atomic mass is 35.5. The summed E-state index contributed by atoms with van der Waals surface area (Å²) in [5, 5.41) is 8.10. The van der Waals surface area contributed by atoms with Gasteiger partial charge in [0.2, 0.25) is 0 Å². The number of nitrogens with two attached hydrogens (primary N) is 2. The van der Waals surface area contributed by atoms with E-state index in [0.29, 0.717) is 29.1 Å². The van der Waals surface area contributed by atoms with E-state index in [9.17, 15) is 0 Å². The van der Waals surface area contributed by atoms with E-state index in [1.165, 1.54) is 11.1 Å². The van der Waals surface area contributed by atoms with Crippen molar-refractivity contribution in [3.8, 4) is 0 Å². The molecule has 190 valence electrons. The largest absolute Gasteiger partial charge is 0.329 e. The Hall–Kier alpha value is -1.71. The maximum absolute atomic E-state index is 6.39. The van der Waals surface area contributed by atoms with Crippen molar-refractivity contribution in [1.82, 2.24) is 25.1 Å². The van der Waals surface area contributed by atoms with Gasteiger partial charge in [-0.15, -0.1) is 0 Å². The van der Waals surface area contributed by atoms with Crippen LogP contribution in [0, 0.1) is 0 Å². The number of fused-ring (bicyclic) bond motifs is 1. The van der Waals surface area contributed by atoms with Crippen LogP contribution in [-0.4, -0.2) is 66.8 Å². The molecule has 1 fully saturated rings. The van der Waals surface area contributed by atoms with E-state index < -0.39 is 0 Å². The summed E-state index contributed by atoms with van der Waals surface area (Å²) < 4.78 is 2.32. The second-order valence-electron chi connectivity index (χ2n) is 9.25. The minimum absolute atomic E-state index is 0.433. The number of benzene rings is 2. The average Bonchev–Trinajstić information content (AvgIpc) is 3.20. The number of halogens is 2. The van der Waals surface area contributed by atoms with Crippen molar-refractivity contribution < 1.29 is 0 Å². The van der Waals surface area contributed by atoms with Gasteiger partial charge >= 0.3 is 0 Å². The predicted molar refractivity (Wildman–Crippen MR) is 146 cm³/mol. The lowest BCUT2D eigenvalue weighted by Gasteiger charge is -2.23. The fraction of sp³-hybridized carbons (Fsp3) is 0.500. The van der Waals surface area contributed by atoms with Gasteiger partial charge in [0.25, 0.3) is 0 Å². The first-order valence-electron chi connectivity index (χ1n) is 12.6. The molecule has 9 heteroatoms. The van der Waals surface area contributed by atoms with Gasteiger partial charge in [-0.1, -0.05) is 47.5 Å². The lowest BCUT2D eigenvalue weighted by molar-refractivity contribution is 0.287. The predicted octanol–water partition coefficient (Wildman–Crippen LogP) is 3.17. The highest BCUT2D eigenvalue weighted by Gasteiger charge is 2.23. The molecule has 0 aliphatic carbocycles. The Kier molecular flexibility index (Phi) is 9.80. The molecule has 0 bridgehead atoms. The molecule has 1 aliphatic rings. The molecule has 7 nitrogen and oxygen atoms in total. The molecule has 3 aromatic rings. The number of aromatic nitrogens is 2. The minimum atomic E-state index is 0.433. The molecule has 1 aliphatic heterocycles. The maximum atomic E-state index is 6.39. The second kappa shape index (κ2) is 13.0. The molecule has 0 radical (unpaired) electrons. The summed E-state index contributed by atoms with van der Waals surface area (Å²) in [5.74, 6) is 1.56. The summed E-state index contributed by atoms with van der Waals surface area (Å²) in [4.78, 5) is 7.30. The zero-order valence-corrected chi connectivity index (χ0v) is 21.8. The van der Waals surface area contributed by atoms with Gasteiger partial charge in [0.1, 0.15) is 5.82 Å². The van der Waals surface area contributed by atoms with Gasteiger partial charge in [-0.2, -0.15) is 0 Å². The minimum Gasteiger partial charge on any atom is -0.329 e. The van der Waals surface area contributed by atoms with Crippen LogP contribution in [0.3, 0.4) is 0 Å². The van der Waals surface area contributed by atoms with Crippen LogP contribution in [-0.2, 0) is 13.1 Å². The molecular formula is C26H37Cl2N7. The van der Waals surface area contributed by atoms with E-state index in [1.807, 2.05) is 12.1 Å². The lowest BCUT2D eigenvalue weighted by atomic mass is 9.97. The number of rotatable bonds is 12. The molecule has 2 heterocycles. The van der Waals surface area contributed by atoms with E-state index in [-0.39, 0.29) is 0 Å². The van der Waals surface area contributed by atoms with Crippen LogP contribution in [0.15, 0.2) is 36.4 Å². The standard InChI is InChI=1S/C26H37Cl2N7/c27-22-15-24-25(16-23(22)28)35(26(33-24)21-5-9-31-10-6-21)18-20-3-1-19(2-4-20)17-32-11-14-34(12-7-29)13-8-30/h1-4,15-16,21,31-32H,5-14,17-18,29-30H2. The van der Waals surface area contributed by atoms with Gasteiger partial charge in [0, 0.05) is 58.3 Å². The first-order valence-corrected chi connectivity index (χ1v) is 13.3. The Labute approximate surface area is 218 Å². The fourth-order valence-corrected chi connectivity index (χ4v) is 5.13. The summed E-state index contributed by atoms with van der Waals surface area (Å²) in [6.07, 6.45) is 2.17. The molecule has 0 unspecified atom stereocenters. The van der Waals surface area contributed by atoms with Crippen molar-refractivity contribution in [2.24, 2.45) is 11.5 Å². The van der Waals surface area contributed by atoms with Crippen molar-refractivity contribution in [1.29, 1.82) is 0 Å². The van der Waals surface area contributed by atoms with Gasteiger partial charge in [0.05, 0.1) is 21.1 Å². The normalized spacial score (nSPS) is 14.9. The van der Waals surface area contributed by atoms with E-state index >= 15 is 0 Å². The molecule has 1 aromatic heterocycles. The zero-order valence-electron chi connectivity index (χ0n) is 20.3. The molecule has 35 heavy (non-hydrogen) atoms. The highest BCUT2D eigenvalue weighted by molar-refractivity contribution is 6.42. The monoisotopic (exact) mass is 517 g/mol. The van der Waals surface area contributed by atoms with E-state index in [4.69, 9.17) is 39.7 Å². The van der Waals surface area contributed by atoms with Gasteiger partial charge in [0.15, 0.2) is 0 Å². The van der Waals surface area contributed by atoms with Crippen molar-refractivity contribution >= 4 is 34.2 Å². The molecule has 1 saturated heterocycles. The lowest BCUT2D eigenvalue weighted by Crippen LogP contribution is -2.38. The maximum Gasteiger partial charge on any atom is 0.113 e. The summed E-state index contributed by atoms with van der Waals surface area (Å²) in [7, 11) is 0. The molecule has 0 amide bonds. The molecule has 6 N–H and O–H groups in total. The quantitative estimate of drug-likeness (QED) is 0.275. The van der Waals surface area contributed by atoms with Crippen LogP contribution in [0.2, 0.25) is 10.0 Å². The van der Waals surface area contributed by atoms with Crippen LogP contribution in [0.5, 0.6) is 0 Å². The van der Waals surface area contributed by atoms with Crippen molar-refractivity contribution in [2.45, 2.75) is 31.8 Å². The third-order valence-corrected chi connectivity index (χ3v) is 7.43. The molecule has 0 spiro atoms. The van der Waals surface area contributed by atoms with Crippen LogP contribution in [0.4, 0.5) is 0 Å². The second-order valence-corrected chi connectivity index (χ2v) is 10.1. The molecule has 0 saturated carbocycles. The summed E-state index contributed by atoms with van der Waals surface area (Å²) >= 11 is 12.7. The molecule has 2 aromatic carbocycles. The topological polar surface area (TPSA) is 97.2 Å². The van der Waals surface area contributed by atoms with Crippen LogP contribution in [0.25, 0.3) is 11.0 Å². The smallest absolute Gasteiger partial charge is 0.113 e. The van der Waals surface area contributed by atoms with Crippen LogP contribution >= 0.6 is 23.2 Å². The summed E-state index contributed by atoms with van der Waals surface area (Å²) in [6, 6.07) is 12.7. The number of piperidine rings is 1. The number of hydrogen-bond acceptors (Lipinski definition) is 6. The summed E-state index contributed by atoms with van der Waals surface area (Å²) in [6.45, 7) is 8.58. The molecular weight excluding hydrogens is 481 g/mol. The average molecular weight is 519 g/mol. The van der Waals surface area contributed by atoms with E-state index in [0.717, 1.165) is 82.1 Å². The highest BCUT2D eigenvalue weighted by Crippen LogP contribution is 2.33.